The Hall–Kier alpha value is -6.71. The molecule has 240 valence electrons. The molecule has 6 aromatic carbocycles. The lowest BCUT2D eigenvalue weighted by Crippen LogP contribution is -2.03. The third-order valence-electron chi connectivity index (χ3n) is 10.3. The monoisotopic (exact) mass is 651 g/mol. The molecular weight excluding hydrogens is 619 g/mol. The normalized spacial score (nSPS) is 12.2. The molecule has 4 aromatic heterocycles. The summed E-state index contributed by atoms with van der Waals surface area (Å²) in [5, 5.41) is 3.55. The SMILES string of the molecule is c1ccc2nc3cccc(-c4ccc(C(c5ccc(-c6cc7ccccc7[nH]6)cc5)c5ccc(-c6ccn7ccccc67)cc5)cc4)c3cc2c1. The largest absolute Gasteiger partial charge is 0.355 e. The standard InChI is InChI=1S/C48H33N3/c1-3-11-43-38(8-1)30-42-40(10-7-13-45(42)49-43)32-15-21-35(22-16-32)48(36-23-17-33(18-24-36)41-27-29-51-28-6-5-14-47(41)51)37-25-19-34(20-26-37)46-31-39-9-2-4-12-44(39)50-46/h1-31,48,50H. The number of benzene rings is 6. The summed E-state index contributed by atoms with van der Waals surface area (Å²) < 4.78 is 2.18. The molecule has 1 atom stereocenters. The van der Waals surface area contributed by atoms with Gasteiger partial charge in [-0.25, -0.2) is 4.98 Å². The van der Waals surface area contributed by atoms with Gasteiger partial charge in [0.15, 0.2) is 0 Å². The van der Waals surface area contributed by atoms with Crippen molar-refractivity contribution in [3.05, 3.63) is 205 Å². The van der Waals surface area contributed by atoms with Crippen molar-refractivity contribution in [2.45, 2.75) is 5.92 Å². The molecule has 1 unspecified atom stereocenters. The molecular formula is C48H33N3. The zero-order valence-electron chi connectivity index (χ0n) is 27.9. The molecule has 0 aliphatic carbocycles. The fraction of sp³-hybridized carbons (Fsp3) is 0.0208. The van der Waals surface area contributed by atoms with Crippen LogP contribution in [0.4, 0.5) is 0 Å². The first-order valence-electron chi connectivity index (χ1n) is 17.5. The van der Waals surface area contributed by atoms with Gasteiger partial charge in [0.05, 0.1) is 16.6 Å². The van der Waals surface area contributed by atoms with Crippen molar-refractivity contribution in [2.24, 2.45) is 0 Å². The Morgan fingerprint density at radius 1 is 0.451 bits per heavy atom. The summed E-state index contributed by atoms with van der Waals surface area (Å²) in [6.45, 7) is 0. The second kappa shape index (κ2) is 12.0. The Kier molecular flexibility index (Phi) is 6.88. The van der Waals surface area contributed by atoms with Crippen molar-refractivity contribution >= 4 is 38.2 Å². The van der Waals surface area contributed by atoms with E-state index in [1.54, 1.807) is 0 Å². The number of nitrogens with zero attached hydrogens (tertiary/aromatic N) is 2. The van der Waals surface area contributed by atoms with Gasteiger partial charge in [0.1, 0.15) is 0 Å². The molecule has 0 saturated carbocycles. The summed E-state index contributed by atoms with van der Waals surface area (Å²) in [7, 11) is 0. The summed E-state index contributed by atoms with van der Waals surface area (Å²) in [6.07, 6.45) is 4.23. The van der Waals surface area contributed by atoms with Crippen molar-refractivity contribution in [3.63, 3.8) is 0 Å². The Morgan fingerprint density at radius 3 is 1.82 bits per heavy atom. The molecule has 0 saturated heterocycles. The highest BCUT2D eigenvalue weighted by atomic mass is 14.8. The number of para-hydroxylation sites is 2. The molecule has 0 amide bonds. The number of pyridine rings is 2. The first-order chi connectivity index (χ1) is 25.2. The van der Waals surface area contributed by atoms with E-state index in [0.29, 0.717) is 0 Å². The summed E-state index contributed by atoms with van der Waals surface area (Å²) in [6, 6.07) is 63.6. The van der Waals surface area contributed by atoms with E-state index in [1.807, 2.05) is 6.07 Å². The number of aromatic amines is 1. The minimum absolute atomic E-state index is 0.0637. The van der Waals surface area contributed by atoms with E-state index >= 15 is 0 Å². The van der Waals surface area contributed by atoms with Crippen molar-refractivity contribution in [1.82, 2.24) is 14.4 Å². The van der Waals surface area contributed by atoms with Gasteiger partial charge in [-0.2, -0.15) is 0 Å². The summed E-state index contributed by atoms with van der Waals surface area (Å²) in [4.78, 5) is 8.56. The highest BCUT2D eigenvalue weighted by Crippen LogP contribution is 2.37. The maximum absolute atomic E-state index is 4.97. The highest BCUT2D eigenvalue weighted by molar-refractivity contribution is 6.01. The second-order valence-electron chi connectivity index (χ2n) is 13.3. The first-order valence-corrected chi connectivity index (χ1v) is 17.5. The van der Waals surface area contributed by atoms with E-state index in [1.165, 1.54) is 60.8 Å². The van der Waals surface area contributed by atoms with E-state index in [-0.39, 0.29) is 5.92 Å². The van der Waals surface area contributed by atoms with Crippen molar-refractivity contribution < 1.29 is 0 Å². The fourth-order valence-corrected chi connectivity index (χ4v) is 7.72. The number of hydrogen-bond donors (Lipinski definition) is 1. The quantitative estimate of drug-likeness (QED) is 0.141. The van der Waals surface area contributed by atoms with Crippen LogP contribution in [-0.2, 0) is 0 Å². The molecule has 0 fully saturated rings. The van der Waals surface area contributed by atoms with Crippen LogP contribution < -0.4 is 0 Å². The van der Waals surface area contributed by atoms with E-state index in [0.717, 1.165) is 27.6 Å². The van der Waals surface area contributed by atoms with Crippen LogP contribution in [0.3, 0.4) is 0 Å². The molecule has 0 aliphatic rings. The average molecular weight is 652 g/mol. The molecule has 10 rings (SSSR count). The maximum Gasteiger partial charge on any atom is 0.0715 e. The maximum atomic E-state index is 4.97. The van der Waals surface area contributed by atoms with Gasteiger partial charge in [-0.05, 0) is 87.5 Å². The third-order valence-corrected chi connectivity index (χ3v) is 10.3. The van der Waals surface area contributed by atoms with Gasteiger partial charge >= 0.3 is 0 Å². The van der Waals surface area contributed by atoms with Gasteiger partial charge in [-0.1, -0.05) is 127 Å². The van der Waals surface area contributed by atoms with Crippen molar-refractivity contribution in [1.29, 1.82) is 0 Å². The number of H-pyrrole nitrogens is 1. The lowest BCUT2D eigenvalue weighted by Gasteiger charge is -2.20. The van der Waals surface area contributed by atoms with Crippen LogP contribution >= 0.6 is 0 Å². The summed E-state index contributed by atoms with van der Waals surface area (Å²) in [5.41, 5.74) is 15.3. The van der Waals surface area contributed by atoms with E-state index in [9.17, 15) is 0 Å². The van der Waals surface area contributed by atoms with E-state index in [4.69, 9.17) is 4.98 Å². The topological polar surface area (TPSA) is 33.1 Å². The molecule has 0 bridgehead atoms. The lowest BCUT2D eigenvalue weighted by atomic mass is 9.83. The minimum Gasteiger partial charge on any atom is -0.355 e. The number of rotatable bonds is 6. The van der Waals surface area contributed by atoms with Gasteiger partial charge in [0.25, 0.3) is 0 Å². The molecule has 0 spiro atoms. The van der Waals surface area contributed by atoms with Crippen LogP contribution in [0.1, 0.15) is 22.6 Å². The van der Waals surface area contributed by atoms with Gasteiger partial charge < -0.3 is 9.38 Å². The van der Waals surface area contributed by atoms with Gasteiger partial charge in [0, 0.05) is 51.2 Å². The van der Waals surface area contributed by atoms with Crippen LogP contribution in [0.5, 0.6) is 0 Å². The fourth-order valence-electron chi connectivity index (χ4n) is 7.72. The number of fused-ring (bicyclic) bond motifs is 4. The van der Waals surface area contributed by atoms with Crippen molar-refractivity contribution in [3.8, 4) is 33.5 Å². The molecule has 10 aromatic rings. The minimum atomic E-state index is 0.0637. The Bertz CT molecular complexity index is 2810. The van der Waals surface area contributed by atoms with Crippen molar-refractivity contribution in [2.75, 3.05) is 0 Å². The van der Waals surface area contributed by atoms with Crippen LogP contribution in [0, 0.1) is 0 Å². The Labute approximate surface area is 296 Å². The Balaban J connectivity index is 1.05. The van der Waals surface area contributed by atoms with E-state index < -0.39 is 0 Å². The first kappa shape index (κ1) is 29.2. The molecule has 3 nitrogen and oxygen atoms in total. The number of hydrogen-bond acceptors (Lipinski definition) is 1. The Morgan fingerprint density at radius 2 is 1.08 bits per heavy atom. The molecule has 3 heteroatoms. The molecule has 1 N–H and O–H groups in total. The zero-order chi connectivity index (χ0) is 33.7. The van der Waals surface area contributed by atoms with Gasteiger partial charge in [-0.3, -0.25) is 0 Å². The van der Waals surface area contributed by atoms with Crippen LogP contribution in [0.25, 0.3) is 71.7 Å². The third kappa shape index (κ3) is 5.19. The van der Waals surface area contributed by atoms with Crippen LogP contribution in [-0.4, -0.2) is 14.4 Å². The number of aromatic nitrogens is 3. The average Bonchev–Trinajstić information content (AvgIpc) is 3.83. The smallest absolute Gasteiger partial charge is 0.0715 e. The summed E-state index contributed by atoms with van der Waals surface area (Å²) >= 11 is 0. The molecule has 51 heavy (non-hydrogen) atoms. The predicted molar refractivity (Wildman–Crippen MR) is 212 cm³/mol. The molecule has 4 heterocycles. The highest BCUT2D eigenvalue weighted by Gasteiger charge is 2.19. The number of nitrogens with one attached hydrogen (secondary N) is 1. The summed E-state index contributed by atoms with van der Waals surface area (Å²) in [5.74, 6) is 0.0637. The van der Waals surface area contributed by atoms with Gasteiger partial charge in [-0.15, -0.1) is 0 Å². The molecule has 0 radical (unpaired) electrons. The second-order valence-corrected chi connectivity index (χ2v) is 13.3. The van der Waals surface area contributed by atoms with Crippen LogP contribution in [0.2, 0.25) is 0 Å². The zero-order valence-corrected chi connectivity index (χ0v) is 27.9. The van der Waals surface area contributed by atoms with Crippen LogP contribution in [0.15, 0.2) is 188 Å². The molecule has 0 aliphatic heterocycles. The van der Waals surface area contributed by atoms with Gasteiger partial charge in [0.2, 0.25) is 0 Å². The lowest BCUT2D eigenvalue weighted by molar-refractivity contribution is 0.978. The van der Waals surface area contributed by atoms with E-state index in [2.05, 4.69) is 192 Å². The predicted octanol–water partition coefficient (Wildman–Crippen LogP) is 12.3.